The van der Waals surface area contributed by atoms with Crippen LogP contribution in [0.4, 0.5) is 11.4 Å². The van der Waals surface area contributed by atoms with Gasteiger partial charge in [-0.25, -0.2) is 5.43 Å². The van der Waals surface area contributed by atoms with E-state index in [1.165, 1.54) is 40.9 Å². The molecule has 0 bridgehead atoms. The summed E-state index contributed by atoms with van der Waals surface area (Å²) in [6, 6.07) is 15.9. The highest BCUT2D eigenvalue weighted by Crippen LogP contribution is 2.35. The summed E-state index contributed by atoms with van der Waals surface area (Å²) in [6.45, 7) is 4.42. The van der Waals surface area contributed by atoms with E-state index < -0.39 is 0 Å². The minimum absolute atomic E-state index is 0.397. The topological polar surface area (TPSA) is 18.5 Å². The molecule has 1 unspecified atom stereocenters. The van der Waals surface area contributed by atoms with E-state index in [0.29, 0.717) is 6.04 Å². The lowest BCUT2D eigenvalue weighted by atomic mass is 9.96. The summed E-state index contributed by atoms with van der Waals surface area (Å²) in [7, 11) is 2.19. The molecule has 0 fully saturated rings. The molecule has 0 amide bonds. The van der Waals surface area contributed by atoms with Gasteiger partial charge in [-0.2, -0.15) is 0 Å². The molecule has 1 atom stereocenters. The second-order valence-electron chi connectivity index (χ2n) is 6.78. The van der Waals surface area contributed by atoms with Gasteiger partial charge >= 0.3 is 0 Å². The third kappa shape index (κ3) is 2.59. The van der Waals surface area contributed by atoms with E-state index in [9.17, 15) is 0 Å². The normalized spacial score (nSPS) is 20.2. The SMILES string of the molecule is Cc1cccc2c1CCCN2NC1CCN(C)c2ccccc21. The highest BCUT2D eigenvalue weighted by atomic mass is 15.5. The standard InChI is InChI=1S/C20H25N3/c1-15-7-5-11-20-16(15)9-6-13-23(20)21-18-12-14-22(2)19-10-4-3-8-17(18)19/h3-5,7-8,10-11,18,21H,6,9,12-14H2,1-2H3. The predicted molar refractivity (Wildman–Crippen MR) is 97.1 cm³/mol. The molecule has 0 saturated carbocycles. The molecule has 2 aromatic rings. The van der Waals surface area contributed by atoms with Gasteiger partial charge in [0.1, 0.15) is 0 Å². The van der Waals surface area contributed by atoms with Gasteiger partial charge in [0.05, 0.1) is 11.7 Å². The third-order valence-corrected chi connectivity index (χ3v) is 5.27. The van der Waals surface area contributed by atoms with Crippen molar-refractivity contribution in [2.24, 2.45) is 0 Å². The van der Waals surface area contributed by atoms with Crippen LogP contribution < -0.4 is 15.3 Å². The quantitative estimate of drug-likeness (QED) is 0.909. The summed E-state index contributed by atoms with van der Waals surface area (Å²) < 4.78 is 0. The number of anilines is 2. The van der Waals surface area contributed by atoms with Crippen molar-refractivity contribution < 1.29 is 0 Å². The number of rotatable bonds is 2. The number of para-hydroxylation sites is 1. The predicted octanol–water partition coefficient (Wildman–Crippen LogP) is 3.83. The zero-order chi connectivity index (χ0) is 15.8. The Morgan fingerprint density at radius 1 is 1.00 bits per heavy atom. The molecule has 2 aliphatic heterocycles. The Kier molecular flexibility index (Phi) is 3.74. The Morgan fingerprint density at radius 3 is 2.74 bits per heavy atom. The lowest BCUT2D eigenvalue weighted by Gasteiger charge is -2.39. The molecule has 0 radical (unpaired) electrons. The average Bonchev–Trinajstić information content (AvgIpc) is 2.58. The molecule has 3 nitrogen and oxygen atoms in total. The van der Waals surface area contributed by atoms with Crippen LogP contribution in [0.25, 0.3) is 0 Å². The maximum atomic E-state index is 3.82. The molecule has 4 rings (SSSR count). The fourth-order valence-corrected chi connectivity index (χ4v) is 3.98. The summed E-state index contributed by atoms with van der Waals surface area (Å²) >= 11 is 0. The number of aryl methyl sites for hydroxylation is 1. The number of nitrogens with zero attached hydrogens (tertiary/aromatic N) is 2. The van der Waals surface area contributed by atoms with Crippen LogP contribution in [0.3, 0.4) is 0 Å². The van der Waals surface area contributed by atoms with Gasteiger partial charge in [-0.1, -0.05) is 30.3 Å². The highest BCUT2D eigenvalue weighted by molar-refractivity contribution is 5.59. The Balaban J connectivity index is 1.63. The summed E-state index contributed by atoms with van der Waals surface area (Å²) in [5.74, 6) is 0. The van der Waals surface area contributed by atoms with Gasteiger partial charge in [0.2, 0.25) is 0 Å². The van der Waals surface area contributed by atoms with E-state index in [1.54, 1.807) is 0 Å². The fourth-order valence-electron chi connectivity index (χ4n) is 3.98. The van der Waals surface area contributed by atoms with Crippen molar-refractivity contribution in [1.82, 2.24) is 5.43 Å². The maximum absolute atomic E-state index is 3.82. The molecule has 2 aliphatic rings. The molecular weight excluding hydrogens is 282 g/mol. The fraction of sp³-hybridized carbons (Fsp3) is 0.400. The Morgan fingerprint density at radius 2 is 1.83 bits per heavy atom. The van der Waals surface area contributed by atoms with Crippen LogP contribution >= 0.6 is 0 Å². The highest BCUT2D eigenvalue weighted by Gasteiger charge is 2.26. The number of nitrogens with one attached hydrogen (secondary N) is 1. The van der Waals surface area contributed by atoms with Crippen molar-refractivity contribution in [2.75, 3.05) is 30.0 Å². The van der Waals surface area contributed by atoms with Crippen LogP contribution in [0.15, 0.2) is 42.5 Å². The van der Waals surface area contributed by atoms with Crippen molar-refractivity contribution in [3.63, 3.8) is 0 Å². The van der Waals surface area contributed by atoms with Crippen molar-refractivity contribution in [1.29, 1.82) is 0 Å². The summed E-state index contributed by atoms with van der Waals surface area (Å²) in [4.78, 5) is 2.36. The van der Waals surface area contributed by atoms with E-state index in [2.05, 4.69) is 71.8 Å². The molecule has 120 valence electrons. The molecule has 2 aromatic carbocycles. The molecule has 0 aliphatic carbocycles. The number of hydrogen-bond donors (Lipinski definition) is 1. The minimum atomic E-state index is 0.397. The Labute approximate surface area is 138 Å². The molecule has 2 heterocycles. The smallest absolute Gasteiger partial charge is 0.0554 e. The lowest BCUT2D eigenvalue weighted by Crippen LogP contribution is -2.46. The minimum Gasteiger partial charge on any atom is -0.374 e. The molecule has 1 N–H and O–H groups in total. The van der Waals surface area contributed by atoms with E-state index >= 15 is 0 Å². The van der Waals surface area contributed by atoms with Crippen LogP contribution in [0.1, 0.15) is 35.6 Å². The van der Waals surface area contributed by atoms with Crippen molar-refractivity contribution in [3.8, 4) is 0 Å². The molecule has 0 saturated heterocycles. The zero-order valence-corrected chi connectivity index (χ0v) is 14.0. The van der Waals surface area contributed by atoms with E-state index in [0.717, 1.165) is 19.5 Å². The summed E-state index contributed by atoms with van der Waals surface area (Å²) in [5.41, 5.74) is 10.9. The summed E-state index contributed by atoms with van der Waals surface area (Å²) in [5, 5.41) is 2.39. The Bertz CT molecular complexity index is 710. The first kappa shape index (κ1) is 14.6. The zero-order valence-electron chi connectivity index (χ0n) is 14.0. The molecule has 0 aromatic heterocycles. The monoisotopic (exact) mass is 307 g/mol. The Hall–Kier alpha value is -2.00. The molecule has 0 spiro atoms. The number of hydrogen-bond acceptors (Lipinski definition) is 3. The molecule has 23 heavy (non-hydrogen) atoms. The van der Waals surface area contributed by atoms with Crippen LogP contribution in [0.2, 0.25) is 0 Å². The number of fused-ring (bicyclic) bond motifs is 2. The summed E-state index contributed by atoms with van der Waals surface area (Å²) in [6.07, 6.45) is 3.56. The average molecular weight is 307 g/mol. The van der Waals surface area contributed by atoms with E-state index in [4.69, 9.17) is 0 Å². The first-order valence-electron chi connectivity index (χ1n) is 8.66. The van der Waals surface area contributed by atoms with Gasteiger partial charge in [-0.05, 0) is 55.0 Å². The van der Waals surface area contributed by atoms with Crippen molar-refractivity contribution in [2.45, 2.75) is 32.2 Å². The van der Waals surface area contributed by atoms with E-state index in [1.807, 2.05) is 0 Å². The number of benzene rings is 2. The van der Waals surface area contributed by atoms with Gasteiger partial charge in [-0.15, -0.1) is 0 Å². The van der Waals surface area contributed by atoms with Crippen LogP contribution in [0, 0.1) is 6.92 Å². The van der Waals surface area contributed by atoms with Gasteiger partial charge in [0, 0.05) is 25.8 Å². The van der Waals surface area contributed by atoms with Gasteiger partial charge in [0.15, 0.2) is 0 Å². The first-order chi connectivity index (χ1) is 11.2. The maximum Gasteiger partial charge on any atom is 0.0554 e. The van der Waals surface area contributed by atoms with Gasteiger partial charge in [-0.3, -0.25) is 0 Å². The van der Waals surface area contributed by atoms with Crippen LogP contribution in [0.5, 0.6) is 0 Å². The second-order valence-corrected chi connectivity index (χ2v) is 6.78. The van der Waals surface area contributed by atoms with E-state index in [-0.39, 0.29) is 0 Å². The third-order valence-electron chi connectivity index (χ3n) is 5.27. The largest absolute Gasteiger partial charge is 0.374 e. The molecular formula is C20H25N3. The number of hydrazine groups is 1. The van der Waals surface area contributed by atoms with Crippen LogP contribution in [-0.4, -0.2) is 20.1 Å². The van der Waals surface area contributed by atoms with Crippen LogP contribution in [-0.2, 0) is 6.42 Å². The van der Waals surface area contributed by atoms with Crippen molar-refractivity contribution in [3.05, 3.63) is 59.2 Å². The lowest BCUT2D eigenvalue weighted by molar-refractivity contribution is 0.451. The first-order valence-corrected chi connectivity index (χ1v) is 8.66. The van der Waals surface area contributed by atoms with Gasteiger partial charge < -0.3 is 9.91 Å². The second kappa shape index (κ2) is 5.89. The van der Waals surface area contributed by atoms with Crippen molar-refractivity contribution >= 4 is 11.4 Å². The molecule has 3 heteroatoms. The van der Waals surface area contributed by atoms with Gasteiger partial charge in [0.25, 0.3) is 0 Å².